The lowest BCUT2D eigenvalue weighted by atomic mass is 10.5. The molecule has 50 valence electrons. The minimum absolute atomic E-state index is 0.672. The van der Waals surface area contributed by atoms with Gasteiger partial charge in [-0.25, -0.2) is 0 Å². The van der Waals surface area contributed by atoms with Gasteiger partial charge in [0.15, 0.2) is 0 Å². The molecule has 0 fully saturated rings. The molecule has 1 rings (SSSR count). The summed E-state index contributed by atoms with van der Waals surface area (Å²) in [6, 6.07) is 0. The highest BCUT2D eigenvalue weighted by Gasteiger charge is 1.93. The molecule has 1 aliphatic rings. The Morgan fingerprint density at radius 2 is 2.33 bits per heavy atom. The highest BCUT2D eigenvalue weighted by molar-refractivity contribution is 5.04. The third kappa shape index (κ3) is 1.77. The van der Waals surface area contributed by atoms with E-state index in [9.17, 15) is 0 Å². The Kier molecular flexibility index (Phi) is 2.15. The van der Waals surface area contributed by atoms with E-state index < -0.39 is 0 Å². The topological polar surface area (TPSA) is 41.3 Å². The third-order valence-electron chi connectivity index (χ3n) is 1.08. The second kappa shape index (κ2) is 3.14. The summed E-state index contributed by atoms with van der Waals surface area (Å²) >= 11 is 0. The molecule has 1 heterocycles. The van der Waals surface area contributed by atoms with Gasteiger partial charge in [-0.2, -0.15) is 0 Å². The van der Waals surface area contributed by atoms with E-state index in [1.807, 2.05) is 29.6 Å². The SMILES string of the molecule is NCCN1C=CC=CN1. The van der Waals surface area contributed by atoms with Gasteiger partial charge in [0.25, 0.3) is 0 Å². The van der Waals surface area contributed by atoms with E-state index in [0.717, 1.165) is 6.54 Å². The van der Waals surface area contributed by atoms with Crippen molar-refractivity contribution in [3.63, 3.8) is 0 Å². The summed E-state index contributed by atoms with van der Waals surface area (Å²) in [7, 11) is 0. The molecular formula is C6H11N3. The highest BCUT2D eigenvalue weighted by atomic mass is 15.5. The van der Waals surface area contributed by atoms with Gasteiger partial charge in [0.05, 0.1) is 6.54 Å². The largest absolute Gasteiger partial charge is 0.329 e. The van der Waals surface area contributed by atoms with Crippen LogP contribution in [0.3, 0.4) is 0 Å². The van der Waals surface area contributed by atoms with Gasteiger partial charge in [0.1, 0.15) is 0 Å². The molecule has 0 aromatic rings. The van der Waals surface area contributed by atoms with Crippen LogP contribution in [0.25, 0.3) is 0 Å². The van der Waals surface area contributed by atoms with E-state index in [-0.39, 0.29) is 0 Å². The van der Waals surface area contributed by atoms with Gasteiger partial charge in [-0.05, 0) is 12.2 Å². The zero-order valence-corrected chi connectivity index (χ0v) is 5.25. The van der Waals surface area contributed by atoms with Crippen LogP contribution < -0.4 is 11.2 Å². The molecule has 0 radical (unpaired) electrons. The van der Waals surface area contributed by atoms with Crippen molar-refractivity contribution >= 4 is 0 Å². The Morgan fingerprint density at radius 3 is 2.89 bits per heavy atom. The molecular weight excluding hydrogens is 114 g/mol. The van der Waals surface area contributed by atoms with Crippen molar-refractivity contribution in [1.29, 1.82) is 0 Å². The van der Waals surface area contributed by atoms with Crippen LogP contribution in [-0.2, 0) is 0 Å². The molecule has 0 aliphatic carbocycles. The molecule has 0 aromatic carbocycles. The summed E-state index contributed by atoms with van der Waals surface area (Å²) in [6.07, 6.45) is 7.72. The molecule has 0 saturated carbocycles. The minimum Gasteiger partial charge on any atom is -0.329 e. The second-order valence-electron chi connectivity index (χ2n) is 1.81. The molecule has 0 amide bonds. The Labute approximate surface area is 54.8 Å². The second-order valence-corrected chi connectivity index (χ2v) is 1.81. The molecule has 0 atom stereocenters. The van der Waals surface area contributed by atoms with E-state index in [2.05, 4.69) is 5.43 Å². The number of hydrazine groups is 1. The fourth-order valence-corrected chi connectivity index (χ4v) is 0.669. The maximum absolute atomic E-state index is 5.32. The maximum atomic E-state index is 5.32. The van der Waals surface area contributed by atoms with Crippen molar-refractivity contribution in [1.82, 2.24) is 10.4 Å². The van der Waals surface area contributed by atoms with Crippen molar-refractivity contribution < 1.29 is 0 Å². The van der Waals surface area contributed by atoms with Crippen LogP contribution in [0.1, 0.15) is 0 Å². The van der Waals surface area contributed by atoms with Gasteiger partial charge < -0.3 is 11.2 Å². The number of rotatable bonds is 2. The minimum atomic E-state index is 0.672. The molecule has 9 heavy (non-hydrogen) atoms. The zero-order chi connectivity index (χ0) is 6.53. The van der Waals surface area contributed by atoms with Crippen LogP contribution >= 0.6 is 0 Å². The predicted molar refractivity (Wildman–Crippen MR) is 37.2 cm³/mol. The number of nitrogens with zero attached hydrogens (tertiary/aromatic N) is 1. The van der Waals surface area contributed by atoms with E-state index in [1.54, 1.807) is 0 Å². The smallest absolute Gasteiger partial charge is 0.0509 e. The van der Waals surface area contributed by atoms with Gasteiger partial charge in [0.2, 0.25) is 0 Å². The summed E-state index contributed by atoms with van der Waals surface area (Å²) in [5.74, 6) is 0. The highest BCUT2D eigenvalue weighted by Crippen LogP contribution is 1.89. The lowest BCUT2D eigenvalue weighted by molar-refractivity contribution is 0.321. The standard InChI is InChI=1S/C6H11N3/c7-3-6-9-5-2-1-4-8-9/h1-2,4-5,8H,3,6-7H2. The fraction of sp³-hybridized carbons (Fsp3) is 0.333. The molecule has 1 aliphatic heterocycles. The Morgan fingerprint density at radius 1 is 1.44 bits per heavy atom. The quantitative estimate of drug-likeness (QED) is 0.536. The monoisotopic (exact) mass is 125 g/mol. The Bertz CT molecular complexity index is 128. The number of hydrogen-bond donors (Lipinski definition) is 2. The first kappa shape index (κ1) is 6.16. The van der Waals surface area contributed by atoms with Gasteiger partial charge in [-0.3, -0.25) is 5.01 Å². The molecule has 0 bridgehead atoms. The van der Waals surface area contributed by atoms with Crippen LogP contribution in [0.4, 0.5) is 0 Å². The summed E-state index contributed by atoms with van der Waals surface area (Å²) < 4.78 is 0. The normalized spacial score (nSPS) is 15.9. The van der Waals surface area contributed by atoms with E-state index in [1.165, 1.54) is 0 Å². The molecule has 0 spiro atoms. The van der Waals surface area contributed by atoms with Crippen molar-refractivity contribution in [2.45, 2.75) is 0 Å². The van der Waals surface area contributed by atoms with E-state index >= 15 is 0 Å². The first-order chi connectivity index (χ1) is 4.43. The molecule has 0 aromatic heterocycles. The third-order valence-corrected chi connectivity index (χ3v) is 1.08. The van der Waals surface area contributed by atoms with Gasteiger partial charge in [-0.1, -0.05) is 0 Å². The summed E-state index contributed by atoms with van der Waals surface area (Å²) in [5, 5.41) is 1.93. The van der Waals surface area contributed by atoms with Gasteiger partial charge in [0, 0.05) is 18.9 Å². The van der Waals surface area contributed by atoms with Crippen LogP contribution in [-0.4, -0.2) is 18.1 Å². The maximum Gasteiger partial charge on any atom is 0.0509 e. The first-order valence-electron chi connectivity index (χ1n) is 2.99. The van der Waals surface area contributed by atoms with Crippen molar-refractivity contribution in [3.05, 3.63) is 24.6 Å². The average Bonchev–Trinajstić information content (AvgIpc) is 1.91. The van der Waals surface area contributed by atoms with Gasteiger partial charge in [-0.15, -0.1) is 0 Å². The van der Waals surface area contributed by atoms with E-state index in [0.29, 0.717) is 6.54 Å². The average molecular weight is 125 g/mol. The lowest BCUT2D eigenvalue weighted by Crippen LogP contribution is -2.34. The summed E-state index contributed by atoms with van der Waals surface area (Å²) in [6.45, 7) is 1.52. The predicted octanol–water partition coefficient (Wildman–Crippen LogP) is -0.207. The Hall–Kier alpha value is -0.960. The number of hydrogen-bond acceptors (Lipinski definition) is 3. The summed E-state index contributed by atoms with van der Waals surface area (Å²) in [4.78, 5) is 0. The molecule has 3 heteroatoms. The molecule has 3 nitrogen and oxygen atoms in total. The van der Waals surface area contributed by atoms with Crippen molar-refractivity contribution in [2.24, 2.45) is 5.73 Å². The summed E-state index contributed by atoms with van der Waals surface area (Å²) in [5.41, 5.74) is 8.33. The molecule has 0 saturated heterocycles. The number of allylic oxidation sites excluding steroid dienone is 2. The van der Waals surface area contributed by atoms with Crippen LogP contribution in [0.5, 0.6) is 0 Å². The van der Waals surface area contributed by atoms with Crippen LogP contribution in [0.2, 0.25) is 0 Å². The fourth-order valence-electron chi connectivity index (χ4n) is 0.669. The van der Waals surface area contributed by atoms with E-state index in [4.69, 9.17) is 5.73 Å². The van der Waals surface area contributed by atoms with Crippen LogP contribution in [0, 0.1) is 0 Å². The zero-order valence-electron chi connectivity index (χ0n) is 5.25. The first-order valence-corrected chi connectivity index (χ1v) is 2.99. The number of nitrogens with two attached hydrogens (primary N) is 1. The molecule has 0 unspecified atom stereocenters. The van der Waals surface area contributed by atoms with Crippen molar-refractivity contribution in [3.8, 4) is 0 Å². The molecule has 3 N–H and O–H groups in total. The van der Waals surface area contributed by atoms with Crippen molar-refractivity contribution in [2.75, 3.05) is 13.1 Å². The van der Waals surface area contributed by atoms with Gasteiger partial charge >= 0.3 is 0 Å². The lowest BCUT2D eigenvalue weighted by Gasteiger charge is -2.20. The Balaban J connectivity index is 2.28. The van der Waals surface area contributed by atoms with Crippen LogP contribution in [0.15, 0.2) is 24.6 Å². The number of nitrogens with one attached hydrogen (secondary N) is 1.